The van der Waals surface area contributed by atoms with E-state index >= 15 is 0 Å². The summed E-state index contributed by atoms with van der Waals surface area (Å²) in [5.74, 6) is 0. The number of rotatable bonds is 6. The van der Waals surface area contributed by atoms with Crippen LogP contribution in [0, 0.1) is 0 Å². The molecule has 0 aromatic carbocycles. The third-order valence-corrected chi connectivity index (χ3v) is 2.22. The number of methoxy groups -OCH3 is 1. The smallest absolute Gasteiger partial charge is 0.120 e. The van der Waals surface area contributed by atoms with Crippen LogP contribution in [-0.4, -0.2) is 29.8 Å². The molecule has 0 atom stereocenters. The van der Waals surface area contributed by atoms with Crippen LogP contribution in [-0.2, 0) is 22.5 Å². The van der Waals surface area contributed by atoms with E-state index in [4.69, 9.17) is 16.3 Å². The topological polar surface area (TPSA) is 44.1 Å². The molecule has 0 unspecified atom stereocenters. The predicted octanol–water partition coefficient (Wildman–Crippen LogP) is 1.31. The van der Waals surface area contributed by atoms with Gasteiger partial charge in [0.05, 0.1) is 30.1 Å². The van der Waals surface area contributed by atoms with E-state index in [0.29, 0.717) is 31.0 Å². The van der Waals surface area contributed by atoms with Gasteiger partial charge < -0.3 is 9.53 Å². The summed E-state index contributed by atoms with van der Waals surface area (Å²) < 4.78 is 6.71. The van der Waals surface area contributed by atoms with Crippen LogP contribution in [0.3, 0.4) is 0 Å². The van der Waals surface area contributed by atoms with Crippen LogP contribution in [0.25, 0.3) is 0 Å². The van der Waals surface area contributed by atoms with Gasteiger partial charge in [-0.25, -0.2) is 0 Å². The number of nitrogens with zero attached hydrogens (tertiary/aromatic N) is 2. The first-order chi connectivity index (χ1) is 6.79. The van der Waals surface area contributed by atoms with Gasteiger partial charge in [-0.2, -0.15) is 5.10 Å². The number of carbonyl (C=O) groups excluding carboxylic acids is 1. The molecule has 78 valence electrons. The number of hydrogen-bond acceptors (Lipinski definition) is 3. The Morgan fingerprint density at radius 3 is 3.14 bits per heavy atom. The molecule has 5 heteroatoms. The quantitative estimate of drug-likeness (QED) is 0.674. The van der Waals surface area contributed by atoms with E-state index in [-0.39, 0.29) is 0 Å². The molecule has 0 aliphatic rings. The van der Waals surface area contributed by atoms with Crippen molar-refractivity contribution < 1.29 is 9.53 Å². The summed E-state index contributed by atoms with van der Waals surface area (Å²) in [7, 11) is 1.64. The third kappa shape index (κ3) is 2.82. The van der Waals surface area contributed by atoms with Gasteiger partial charge in [0.15, 0.2) is 0 Å². The predicted molar refractivity (Wildman–Crippen MR) is 53.5 cm³/mol. The maximum Gasteiger partial charge on any atom is 0.120 e. The van der Waals surface area contributed by atoms with Crippen LogP contribution in [0.5, 0.6) is 0 Å². The van der Waals surface area contributed by atoms with E-state index in [0.717, 1.165) is 12.0 Å². The van der Waals surface area contributed by atoms with Gasteiger partial charge in [0.2, 0.25) is 0 Å². The maximum absolute atomic E-state index is 10.2. The molecule has 0 aliphatic heterocycles. The van der Waals surface area contributed by atoms with Crippen LogP contribution in [0.15, 0.2) is 6.20 Å². The van der Waals surface area contributed by atoms with E-state index in [2.05, 4.69) is 5.10 Å². The number of hydrogen-bond donors (Lipinski definition) is 0. The van der Waals surface area contributed by atoms with Crippen LogP contribution >= 0.6 is 11.6 Å². The molecule has 0 spiro atoms. The lowest BCUT2D eigenvalue weighted by molar-refractivity contribution is -0.107. The Balaban J connectivity index is 2.66. The molecule has 0 fully saturated rings. The number of halogens is 1. The molecule has 0 bridgehead atoms. The van der Waals surface area contributed by atoms with Crippen molar-refractivity contribution in [2.45, 2.75) is 19.4 Å². The molecular weight excluding hydrogens is 204 g/mol. The Kier molecular flexibility index (Phi) is 4.62. The van der Waals surface area contributed by atoms with E-state index < -0.39 is 0 Å². The van der Waals surface area contributed by atoms with E-state index in [1.807, 2.05) is 0 Å². The summed E-state index contributed by atoms with van der Waals surface area (Å²) in [6.07, 6.45) is 3.58. The third-order valence-electron chi connectivity index (χ3n) is 1.90. The molecule has 1 heterocycles. The number of aldehydes is 1. The Morgan fingerprint density at radius 1 is 1.71 bits per heavy atom. The lowest BCUT2D eigenvalue weighted by Crippen LogP contribution is -2.09. The Bertz CT molecular complexity index is 299. The fourth-order valence-electron chi connectivity index (χ4n) is 1.20. The summed E-state index contributed by atoms with van der Waals surface area (Å²) in [5, 5.41) is 4.71. The van der Waals surface area contributed by atoms with Crippen LogP contribution in [0.4, 0.5) is 0 Å². The molecule has 0 amide bonds. The molecule has 0 aliphatic carbocycles. The summed E-state index contributed by atoms with van der Waals surface area (Å²) >= 11 is 5.92. The van der Waals surface area contributed by atoms with E-state index in [1.165, 1.54) is 0 Å². The Labute approximate surface area is 87.8 Å². The highest BCUT2D eigenvalue weighted by molar-refractivity contribution is 6.31. The highest BCUT2D eigenvalue weighted by Gasteiger charge is 2.07. The van der Waals surface area contributed by atoms with Crippen molar-refractivity contribution in [2.24, 2.45) is 0 Å². The first kappa shape index (κ1) is 11.2. The minimum absolute atomic E-state index is 0.471. The Hall–Kier alpha value is -0.870. The van der Waals surface area contributed by atoms with Gasteiger partial charge >= 0.3 is 0 Å². The van der Waals surface area contributed by atoms with Crippen LogP contribution < -0.4 is 0 Å². The van der Waals surface area contributed by atoms with Crippen molar-refractivity contribution in [3.63, 3.8) is 0 Å². The zero-order valence-electron chi connectivity index (χ0n) is 8.07. The van der Waals surface area contributed by atoms with Crippen molar-refractivity contribution in [2.75, 3.05) is 13.7 Å². The number of aromatic nitrogens is 2. The van der Waals surface area contributed by atoms with Gasteiger partial charge in [0.25, 0.3) is 0 Å². The largest absolute Gasteiger partial charge is 0.383 e. The fraction of sp³-hybridized carbons (Fsp3) is 0.556. The Morgan fingerprint density at radius 2 is 2.50 bits per heavy atom. The molecule has 1 rings (SSSR count). The lowest BCUT2D eigenvalue weighted by atomic mass is 10.2. The van der Waals surface area contributed by atoms with E-state index in [1.54, 1.807) is 18.0 Å². The molecule has 1 aromatic heterocycles. The minimum atomic E-state index is 0.471. The summed E-state index contributed by atoms with van der Waals surface area (Å²) in [5.41, 5.74) is 0.899. The van der Waals surface area contributed by atoms with Crippen LogP contribution in [0.1, 0.15) is 12.1 Å². The van der Waals surface area contributed by atoms with Crippen LogP contribution in [0.2, 0.25) is 5.02 Å². The van der Waals surface area contributed by atoms with Gasteiger partial charge in [-0.15, -0.1) is 0 Å². The molecule has 4 nitrogen and oxygen atoms in total. The normalized spacial score (nSPS) is 10.4. The molecule has 0 saturated carbocycles. The molecule has 14 heavy (non-hydrogen) atoms. The van der Waals surface area contributed by atoms with Crippen molar-refractivity contribution >= 4 is 17.9 Å². The van der Waals surface area contributed by atoms with Gasteiger partial charge in [-0.3, -0.25) is 4.68 Å². The summed E-state index contributed by atoms with van der Waals surface area (Å²) in [6, 6.07) is 0. The first-order valence-corrected chi connectivity index (χ1v) is 4.80. The number of carbonyl (C=O) groups is 1. The van der Waals surface area contributed by atoms with Gasteiger partial charge in [-0.05, 0) is 6.42 Å². The lowest BCUT2D eigenvalue weighted by Gasteiger charge is -2.05. The van der Waals surface area contributed by atoms with Crippen molar-refractivity contribution in [3.05, 3.63) is 16.9 Å². The highest BCUT2D eigenvalue weighted by atomic mass is 35.5. The van der Waals surface area contributed by atoms with Crippen molar-refractivity contribution in [1.29, 1.82) is 0 Å². The molecular formula is C9H13ClN2O2. The second kappa shape index (κ2) is 5.78. The summed E-state index contributed by atoms with van der Waals surface area (Å²) in [4.78, 5) is 10.2. The minimum Gasteiger partial charge on any atom is -0.383 e. The standard InChI is InChI=1S/C9H13ClN2O2/c1-14-6-4-12-9(3-2-5-13)8(10)7-11-12/h5,7H,2-4,6H2,1H3. The van der Waals surface area contributed by atoms with Gasteiger partial charge in [-0.1, -0.05) is 11.6 Å². The second-order valence-electron chi connectivity index (χ2n) is 2.86. The molecule has 0 radical (unpaired) electrons. The maximum atomic E-state index is 10.2. The monoisotopic (exact) mass is 216 g/mol. The van der Waals surface area contributed by atoms with Crippen molar-refractivity contribution in [1.82, 2.24) is 9.78 Å². The van der Waals surface area contributed by atoms with Gasteiger partial charge in [0, 0.05) is 13.5 Å². The SMILES string of the molecule is COCCn1ncc(Cl)c1CCC=O. The molecule has 0 saturated heterocycles. The zero-order valence-corrected chi connectivity index (χ0v) is 8.83. The second-order valence-corrected chi connectivity index (χ2v) is 3.27. The van der Waals surface area contributed by atoms with E-state index in [9.17, 15) is 4.79 Å². The average molecular weight is 217 g/mol. The first-order valence-electron chi connectivity index (χ1n) is 4.42. The fourth-order valence-corrected chi connectivity index (χ4v) is 1.44. The van der Waals surface area contributed by atoms with Gasteiger partial charge in [0.1, 0.15) is 6.29 Å². The molecule has 0 N–H and O–H groups in total. The zero-order chi connectivity index (χ0) is 10.4. The number of ether oxygens (including phenoxy) is 1. The highest BCUT2D eigenvalue weighted by Crippen LogP contribution is 2.16. The van der Waals surface area contributed by atoms with Crippen molar-refractivity contribution in [3.8, 4) is 0 Å². The molecule has 1 aromatic rings. The average Bonchev–Trinajstić information content (AvgIpc) is 2.53. The summed E-state index contributed by atoms with van der Waals surface area (Å²) in [6.45, 7) is 1.25.